The fourth-order valence-corrected chi connectivity index (χ4v) is 2.72. The fourth-order valence-electron chi connectivity index (χ4n) is 1.82. The summed E-state index contributed by atoms with van der Waals surface area (Å²) < 4.78 is 76.5. The van der Waals surface area contributed by atoms with Crippen molar-refractivity contribution in [2.75, 3.05) is 5.75 Å². The van der Waals surface area contributed by atoms with Crippen molar-refractivity contribution in [2.45, 2.75) is 18.4 Å². The van der Waals surface area contributed by atoms with E-state index in [1.54, 1.807) is 0 Å². The number of rotatable bonds is 2. The van der Waals surface area contributed by atoms with Gasteiger partial charge in [-0.05, 0) is 18.2 Å². The number of aliphatic carboxylic acids is 1. The Morgan fingerprint density at radius 1 is 1.08 bits per heavy atom. The van der Waals surface area contributed by atoms with Crippen LogP contribution in [0, 0.1) is 0 Å². The van der Waals surface area contributed by atoms with Crippen LogP contribution in [0.3, 0.4) is 0 Å². The molecule has 0 aromatic heterocycles. The van der Waals surface area contributed by atoms with Crippen LogP contribution in [-0.4, -0.2) is 33.9 Å². The Morgan fingerprint density at radius 3 is 2.00 bits per heavy atom. The zero-order chi connectivity index (χ0) is 19.0. The zero-order valence-corrected chi connectivity index (χ0v) is 12.7. The van der Waals surface area contributed by atoms with Gasteiger partial charge in [-0.15, -0.1) is 0 Å². The monoisotopic (exact) mass is 386 g/mol. The summed E-state index contributed by atoms with van der Waals surface area (Å²) in [5, 5.41) is 10.6. The Hall–Kier alpha value is -2.24. The highest BCUT2D eigenvalue weighted by Crippen LogP contribution is 2.36. The summed E-state index contributed by atoms with van der Waals surface area (Å²) in [6.45, 7) is 0. The number of amidine groups is 1. The summed E-state index contributed by atoms with van der Waals surface area (Å²) in [4.78, 5) is 26.3. The molecule has 136 valence electrons. The second kappa shape index (κ2) is 6.58. The van der Waals surface area contributed by atoms with Gasteiger partial charge < -0.3 is 10.4 Å². The standard InChI is InChI=1S/C13H8F6N2O3S/c14-12(15,16)6-1-5(2-7(3-6)13(17,18)19)9(22)21-11-20-8(4-25-11)10(23)24/h1-3,8H,4H2,(H,23,24)(H,20,21,22). The molecule has 2 rings (SSSR count). The Balaban J connectivity index is 2.33. The van der Waals surface area contributed by atoms with Crippen molar-refractivity contribution in [3.05, 3.63) is 34.9 Å². The molecule has 1 amide bonds. The third kappa shape index (κ3) is 4.65. The van der Waals surface area contributed by atoms with E-state index in [2.05, 4.69) is 4.99 Å². The van der Waals surface area contributed by atoms with Crippen molar-refractivity contribution in [3.63, 3.8) is 0 Å². The van der Waals surface area contributed by atoms with Crippen LogP contribution >= 0.6 is 11.8 Å². The normalized spacial score (nSPS) is 18.0. The van der Waals surface area contributed by atoms with Crippen molar-refractivity contribution in [1.29, 1.82) is 0 Å². The van der Waals surface area contributed by atoms with Gasteiger partial charge in [-0.2, -0.15) is 26.3 Å². The molecule has 1 aromatic rings. The van der Waals surface area contributed by atoms with Gasteiger partial charge in [0, 0.05) is 11.3 Å². The van der Waals surface area contributed by atoms with Crippen LogP contribution in [0.25, 0.3) is 0 Å². The van der Waals surface area contributed by atoms with E-state index in [0.29, 0.717) is 0 Å². The molecule has 12 heteroatoms. The molecule has 0 fully saturated rings. The molecule has 1 aromatic carbocycles. The molecule has 1 heterocycles. The van der Waals surface area contributed by atoms with E-state index in [4.69, 9.17) is 5.11 Å². The van der Waals surface area contributed by atoms with E-state index in [0.717, 1.165) is 11.8 Å². The number of hydrogen-bond donors (Lipinski definition) is 2. The Kier molecular flexibility index (Phi) is 5.02. The number of hydrogen-bond acceptors (Lipinski definition) is 4. The summed E-state index contributed by atoms with van der Waals surface area (Å²) in [5.74, 6) is -2.54. The Morgan fingerprint density at radius 2 is 1.60 bits per heavy atom. The molecule has 0 spiro atoms. The van der Waals surface area contributed by atoms with Gasteiger partial charge >= 0.3 is 18.3 Å². The molecule has 1 atom stereocenters. The summed E-state index contributed by atoms with van der Waals surface area (Å²) in [5.41, 5.74) is -4.13. The third-order valence-electron chi connectivity index (χ3n) is 3.01. The number of benzene rings is 1. The van der Waals surface area contributed by atoms with E-state index in [1.165, 1.54) is 0 Å². The molecule has 1 aliphatic rings. The molecule has 0 aliphatic carbocycles. The van der Waals surface area contributed by atoms with Crippen molar-refractivity contribution in [1.82, 2.24) is 5.32 Å². The van der Waals surface area contributed by atoms with Crippen molar-refractivity contribution >= 4 is 28.8 Å². The van der Waals surface area contributed by atoms with Gasteiger partial charge in [0.2, 0.25) is 0 Å². The molecule has 2 N–H and O–H groups in total. The van der Waals surface area contributed by atoms with E-state index < -0.39 is 47.0 Å². The maximum Gasteiger partial charge on any atom is 0.416 e. The third-order valence-corrected chi connectivity index (χ3v) is 3.97. The molecule has 1 aliphatic heterocycles. The first-order valence-corrected chi connectivity index (χ1v) is 7.40. The van der Waals surface area contributed by atoms with Crippen molar-refractivity contribution in [2.24, 2.45) is 4.99 Å². The topological polar surface area (TPSA) is 78.8 Å². The second-order valence-corrected chi connectivity index (χ2v) is 5.86. The molecule has 0 radical (unpaired) electrons. The van der Waals surface area contributed by atoms with Gasteiger partial charge in [0.1, 0.15) is 0 Å². The fraction of sp³-hybridized carbons (Fsp3) is 0.308. The van der Waals surface area contributed by atoms with Gasteiger partial charge in [-0.1, -0.05) is 11.8 Å². The number of thioether (sulfide) groups is 1. The second-order valence-electron chi connectivity index (χ2n) is 4.85. The van der Waals surface area contributed by atoms with Gasteiger partial charge in [-0.25, -0.2) is 9.79 Å². The Bertz CT molecular complexity index is 712. The number of nitrogens with zero attached hydrogens (tertiary/aromatic N) is 1. The quantitative estimate of drug-likeness (QED) is 0.766. The van der Waals surface area contributed by atoms with Gasteiger partial charge in [-0.3, -0.25) is 4.79 Å². The zero-order valence-electron chi connectivity index (χ0n) is 11.9. The molecule has 5 nitrogen and oxygen atoms in total. The number of alkyl halides is 6. The van der Waals surface area contributed by atoms with Crippen LogP contribution in [0.1, 0.15) is 21.5 Å². The van der Waals surface area contributed by atoms with Crippen LogP contribution in [0.15, 0.2) is 23.2 Å². The lowest BCUT2D eigenvalue weighted by molar-refractivity contribution is -0.143. The molecule has 0 bridgehead atoms. The molecule has 0 saturated carbocycles. The first kappa shape index (κ1) is 19.1. The highest BCUT2D eigenvalue weighted by atomic mass is 32.2. The maximum absolute atomic E-state index is 12.8. The van der Waals surface area contributed by atoms with E-state index in [1.807, 2.05) is 5.32 Å². The first-order chi connectivity index (χ1) is 11.4. The lowest BCUT2D eigenvalue weighted by atomic mass is 10.0. The van der Waals surface area contributed by atoms with Gasteiger partial charge in [0.15, 0.2) is 11.2 Å². The van der Waals surface area contributed by atoms with Crippen LogP contribution in [-0.2, 0) is 17.1 Å². The number of carboxylic acids is 1. The first-order valence-electron chi connectivity index (χ1n) is 6.42. The van der Waals surface area contributed by atoms with Crippen molar-refractivity contribution in [3.8, 4) is 0 Å². The van der Waals surface area contributed by atoms with Crippen LogP contribution < -0.4 is 5.32 Å². The summed E-state index contributed by atoms with van der Waals surface area (Å²) >= 11 is 0.814. The van der Waals surface area contributed by atoms with Crippen LogP contribution in [0.5, 0.6) is 0 Å². The smallest absolute Gasteiger partial charge is 0.416 e. The number of halogens is 6. The Labute approximate surface area is 140 Å². The number of amides is 1. The minimum atomic E-state index is -5.08. The van der Waals surface area contributed by atoms with Crippen molar-refractivity contribution < 1.29 is 41.0 Å². The molecule has 1 unspecified atom stereocenters. The molecule has 0 saturated heterocycles. The largest absolute Gasteiger partial charge is 0.480 e. The minimum Gasteiger partial charge on any atom is -0.480 e. The average molecular weight is 386 g/mol. The van der Waals surface area contributed by atoms with E-state index >= 15 is 0 Å². The van der Waals surface area contributed by atoms with Crippen LogP contribution in [0.2, 0.25) is 0 Å². The number of carbonyl (C=O) groups is 2. The average Bonchev–Trinajstić information content (AvgIpc) is 2.93. The summed E-state index contributed by atoms with van der Waals surface area (Å²) in [6, 6.07) is -0.690. The molecular weight excluding hydrogens is 378 g/mol. The minimum absolute atomic E-state index is 0.0126. The highest BCUT2D eigenvalue weighted by Gasteiger charge is 2.37. The molecular formula is C13H8F6N2O3S. The highest BCUT2D eigenvalue weighted by molar-refractivity contribution is 8.14. The van der Waals surface area contributed by atoms with Gasteiger partial charge in [0.05, 0.1) is 11.1 Å². The number of carboxylic acid groups (broad SMARTS) is 1. The maximum atomic E-state index is 12.8. The SMILES string of the molecule is O=C(NC1=NC(C(=O)O)CS1)c1cc(C(F)(F)F)cc(C(F)(F)F)c1. The van der Waals surface area contributed by atoms with E-state index in [-0.39, 0.29) is 29.1 Å². The van der Waals surface area contributed by atoms with Crippen LogP contribution in [0.4, 0.5) is 26.3 Å². The summed E-state index contributed by atoms with van der Waals surface area (Å²) in [6.07, 6.45) is -10.2. The van der Waals surface area contributed by atoms with Gasteiger partial charge in [0.25, 0.3) is 5.91 Å². The lowest BCUT2D eigenvalue weighted by Gasteiger charge is -2.14. The predicted molar refractivity (Wildman–Crippen MR) is 75.2 cm³/mol. The lowest BCUT2D eigenvalue weighted by Crippen LogP contribution is -2.28. The van der Waals surface area contributed by atoms with E-state index in [9.17, 15) is 35.9 Å². The molecule has 25 heavy (non-hydrogen) atoms. The summed E-state index contributed by atoms with van der Waals surface area (Å²) in [7, 11) is 0. The number of nitrogens with one attached hydrogen (secondary N) is 1. The number of carbonyl (C=O) groups excluding carboxylic acids is 1. The number of aliphatic imine (C=N–C) groups is 1. The predicted octanol–water partition coefficient (Wildman–Crippen LogP) is 3.01.